The fourth-order valence-electron chi connectivity index (χ4n) is 2.65. The van der Waals surface area contributed by atoms with E-state index >= 15 is 0 Å². The van der Waals surface area contributed by atoms with Gasteiger partial charge in [-0.2, -0.15) is 0 Å². The van der Waals surface area contributed by atoms with Gasteiger partial charge in [-0.3, -0.25) is 4.79 Å². The van der Waals surface area contributed by atoms with Crippen LogP contribution in [0.25, 0.3) is 0 Å². The summed E-state index contributed by atoms with van der Waals surface area (Å²) in [6, 6.07) is 5.05. The first-order chi connectivity index (χ1) is 9.11. The van der Waals surface area contributed by atoms with E-state index in [-0.39, 0.29) is 17.7 Å². The molecule has 3 N–H and O–H groups in total. The highest BCUT2D eigenvalue weighted by Gasteiger charge is 2.30. The summed E-state index contributed by atoms with van der Waals surface area (Å²) in [7, 11) is 0. The van der Waals surface area contributed by atoms with E-state index in [1.807, 2.05) is 0 Å². The van der Waals surface area contributed by atoms with E-state index in [9.17, 15) is 4.79 Å². The maximum absolute atomic E-state index is 12.3. The van der Waals surface area contributed by atoms with E-state index in [0.717, 1.165) is 25.7 Å². The average molecular weight is 301 g/mol. The molecule has 2 unspecified atom stereocenters. The lowest BCUT2D eigenvalue weighted by molar-refractivity contribution is -0.122. The predicted octanol–water partition coefficient (Wildman–Crippen LogP) is 3.70. The zero-order chi connectivity index (χ0) is 13.8. The number of nitrogens with two attached hydrogens (primary N) is 1. The van der Waals surface area contributed by atoms with Gasteiger partial charge in [-0.1, -0.05) is 36.0 Å². The van der Waals surface area contributed by atoms with Gasteiger partial charge in [0.25, 0.3) is 0 Å². The van der Waals surface area contributed by atoms with Crippen LogP contribution in [0.1, 0.15) is 25.7 Å². The highest BCUT2D eigenvalue weighted by molar-refractivity contribution is 6.35. The Morgan fingerprint density at radius 3 is 2.79 bits per heavy atom. The zero-order valence-electron chi connectivity index (χ0n) is 10.7. The highest BCUT2D eigenvalue weighted by atomic mass is 35.5. The largest absolute Gasteiger partial charge is 0.330 e. The molecule has 19 heavy (non-hydrogen) atoms. The molecule has 0 spiro atoms. The molecule has 2 rings (SSSR count). The number of halogens is 2. The minimum Gasteiger partial charge on any atom is -0.330 e. The molecular weight excluding hydrogens is 283 g/mol. The second kappa shape index (κ2) is 6.60. The van der Waals surface area contributed by atoms with Crippen LogP contribution in [0.4, 0.5) is 5.69 Å². The molecule has 2 atom stereocenters. The van der Waals surface area contributed by atoms with Gasteiger partial charge in [0.1, 0.15) is 0 Å². The van der Waals surface area contributed by atoms with Gasteiger partial charge in [0.2, 0.25) is 5.91 Å². The summed E-state index contributed by atoms with van der Waals surface area (Å²) in [5.74, 6) is 0.250. The van der Waals surface area contributed by atoms with Crippen LogP contribution in [0, 0.1) is 11.8 Å². The molecular formula is C14H18Cl2N2O. The molecule has 1 amide bonds. The molecule has 5 heteroatoms. The molecule has 1 saturated carbocycles. The Labute approximate surface area is 123 Å². The van der Waals surface area contributed by atoms with Crippen molar-refractivity contribution >= 4 is 34.8 Å². The summed E-state index contributed by atoms with van der Waals surface area (Å²) in [6.45, 7) is 0.557. The summed E-state index contributed by atoms with van der Waals surface area (Å²) in [6.07, 6.45) is 4.16. The lowest BCUT2D eigenvalue weighted by atomic mass is 9.78. The van der Waals surface area contributed by atoms with E-state index in [4.69, 9.17) is 28.9 Å². The molecule has 0 saturated heterocycles. The predicted molar refractivity (Wildman–Crippen MR) is 79.6 cm³/mol. The van der Waals surface area contributed by atoms with Crippen LogP contribution in [0.5, 0.6) is 0 Å². The van der Waals surface area contributed by atoms with Crippen LogP contribution < -0.4 is 11.1 Å². The van der Waals surface area contributed by atoms with Gasteiger partial charge >= 0.3 is 0 Å². The third-order valence-corrected chi connectivity index (χ3v) is 4.30. The van der Waals surface area contributed by atoms with Gasteiger partial charge in [0.05, 0.1) is 10.7 Å². The third kappa shape index (κ3) is 3.62. The molecule has 1 aliphatic carbocycles. The lowest BCUT2D eigenvalue weighted by Crippen LogP contribution is -2.35. The van der Waals surface area contributed by atoms with Gasteiger partial charge < -0.3 is 11.1 Å². The zero-order valence-corrected chi connectivity index (χ0v) is 12.2. The number of rotatable bonds is 3. The molecule has 3 nitrogen and oxygen atoms in total. The quantitative estimate of drug-likeness (QED) is 0.894. The van der Waals surface area contributed by atoms with Crippen molar-refractivity contribution in [2.24, 2.45) is 17.6 Å². The number of hydrogen-bond donors (Lipinski definition) is 2. The number of carbonyl (C=O) groups is 1. The van der Waals surface area contributed by atoms with Crippen LogP contribution in [-0.2, 0) is 4.79 Å². The van der Waals surface area contributed by atoms with Gasteiger partial charge in [0.15, 0.2) is 0 Å². The van der Waals surface area contributed by atoms with E-state index in [1.54, 1.807) is 18.2 Å². The number of hydrogen-bond acceptors (Lipinski definition) is 2. The lowest BCUT2D eigenvalue weighted by Gasteiger charge is -2.29. The van der Waals surface area contributed by atoms with Crippen LogP contribution in [0.15, 0.2) is 18.2 Å². The monoisotopic (exact) mass is 300 g/mol. The highest BCUT2D eigenvalue weighted by Crippen LogP contribution is 2.32. The van der Waals surface area contributed by atoms with Crippen LogP contribution in [-0.4, -0.2) is 12.5 Å². The number of anilines is 1. The second-order valence-corrected chi connectivity index (χ2v) is 5.84. The summed E-state index contributed by atoms with van der Waals surface area (Å²) in [4.78, 5) is 12.3. The second-order valence-electron chi connectivity index (χ2n) is 5.00. The number of benzene rings is 1. The summed E-state index contributed by atoms with van der Waals surface area (Å²) < 4.78 is 0. The van der Waals surface area contributed by atoms with Gasteiger partial charge in [-0.25, -0.2) is 0 Å². The normalized spacial score (nSPS) is 23.1. The maximum Gasteiger partial charge on any atom is 0.227 e. The Hall–Kier alpha value is -0.770. The van der Waals surface area contributed by atoms with Crippen molar-refractivity contribution in [2.45, 2.75) is 25.7 Å². The van der Waals surface area contributed by atoms with Crippen molar-refractivity contribution in [3.05, 3.63) is 28.2 Å². The first-order valence-electron chi connectivity index (χ1n) is 6.58. The van der Waals surface area contributed by atoms with Gasteiger partial charge in [-0.05, 0) is 43.5 Å². The molecule has 0 radical (unpaired) electrons. The number of amides is 1. The summed E-state index contributed by atoms with van der Waals surface area (Å²) in [5, 5.41) is 3.93. The summed E-state index contributed by atoms with van der Waals surface area (Å²) in [5.41, 5.74) is 6.32. The van der Waals surface area contributed by atoms with E-state index in [2.05, 4.69) is 5.32 Å². The first kappa shape index (κ1) is 14.6. The van der Waals surface area contributed by atoms with Crippen LogP contribution >= 0.6 is 23.2 Å². The average Bonchev–Trinajstić information content (AvgIpc) is 2.42. The maximum atomic E-state index is 12.3. The molecule has 1 aliphatic rings. The Morgan fingerprint density at radius 1 is 1.32 bits per heavy atom. The minimum absolute atomic E-state index is 0.000633. The minimum atomic E-state index is -0.0196. The van der Waals surface area contributed by atoms with Crippen molar-refractivity contribution in [1.82, 2.24) is 0 Å². The summed E-state index contributed by atoms with van der Waals surface area (Å²) >= 11 is 12.0. The van der Waals surface area contributed by atoms with Crippen molar-refractivity contribution in [1.29, 1.82) is 0 Å². The van der Waals surface area contributed by atoms with Crippen LogP contribution in [0.2, 0.25) is 10.0 Å². The van der Waals surface area contributed by atoms with Crippen LogP contribution in [0.3, 0.4) is 0 Å². The Balaban J connectivity index is 2.09. The fourth-order valence-corrected chi connectivity index (χ4v) is 2.99. The fraction of sp³-hybridized carbons (Fsp3) is 0.500. The number of carbonyl (C=O) groups excluding carboxylic acids is 1. The molecule has 0 aromatic heterocycles. The molecule has 1 aromatic carbocycles. The SMILES string of the molecule is NCC1CCCCC1C(=O)Nc1cc(Cl)ccc1Cl. The van der Waals surface area contributed by atoms with Gasteiger partial charge in [0, 0.05) is 10.9 Å². The van der Waals surface area contributed by atoms with E-state index in [1.165, 1.54) is 0 Å². The molecule has 1 fully saturated rings. The standard InChI is InChI=1S/C14H18Cl2N2O/c15-10-5-6-12(16)13(7-10)18-14(19)11-4-2-1-3-9(11)8-17/h5-7,9,11H,1-4,8,17H2,(H,18,19). The Bertz CT molecular complexity index is 465. The van der Waals surface area contributed by atoms with Gasteiger partial charge in [-0.15, -0.1) is 0 Å². The molecule has 1 aromatic rings. The molecule has 0 heterocycles. The molecule has 104 valence electrons. The third-order valence-electron chi connectivity index (χ3n) is 3.73. The number of nitrogens with one attached hydrogen (secondary N) is 1. The first-order valence-corrected chi connectivity index (χ1v) is 7.33. The molecule has 0 aliphatic heterocycles. The Morgan fingerprint density at radius 2 is 2.05 bits per heavy atom. The van der Waals surface area contributed by atoms with E-state index in [0.29, 0.717) is 22.3 Å². The van der Waals surface area contributed by atoms with E-state index < -0.39 is 0 Å². The van der Waals surface area contributed by atoms with Crippen molar-refractivity contribution in [2.75, 3.05) is 11.9 Å². The topological polar surface area (TPSA) is 55.1 Å². The smallest absolute Gasteiger partial charge is 0.227 e. The van der Waals surface area contributed by atoms with Crippen molar-refractivity contribution in [3.8, 4) is 0 Å². The Kier molecular flexibility index (Phi) is 5.08. The van der Waals surface area contributed by atoms with Crippen molar-refractivity contribution < 1.29 is 4.79 Å². The molecule has 0 bridgehead atoms. The van der Waals surface area contributed by atoms with Crippen molar-refractivity contribution in [3.63, 3.8) is 0 Å².